The van der Waals surface area contributed by atoms with Gasteiger partial charge in [0.25, 0.3) is 23.6 Å². The summed E-state index contributed by atoms with van der Waals surface area (Å²) in [6.07, 6.45) is 45.6. The summed E-state index contributed by atoms with van der Waals surface area (Å²) < 4.78 is 98.9. The van der Waals surface area contributed by atoms with E-state index in [9.17, 15) is 0 Å². The van der Waals surface area contributed by atoms with E-state index in [1.54, 1.807) is 85.3 Å². The molecule has 5 aliphatic rings. The first-order valence-electron chi connectivity index (χ1n) is 55.5. The molecule has 0 radical (unpaired) electrons. The monoisotopic (exact) mass is 2080 g/mol. The third-order valence-electron chi connectivity index (χ3n) is 31.2. The van der Waals surface area contributed by atoms with Crippen molar-refractivity contribution in [3.63, 3.8) is 0 Å². The van der Waals surface area contributed by atoms with Gasteiger partial charge in [-0.2, -0.15) is 0 Å². The molecule has 1 aliphatic carbocycles. The van der Waals surface area contributed by atoms with Gasteiger partial charge in [0.1, 0.15) is 23.0 Å². The Morgan fingerprint density at radius 2 is 0.432 bits per heavy atom. The van der Waals surface area contributed by atoms with Crippen molar-refractivity contribution in [3.05, 3.63) is 188 Å². The molecule has 8 bridgehead atoms. The number of fused-ring (bicyclic) bond motifs is 8. The van der Waals surface area contributed by atoms with E-state index in [-0.39, 0.29) is 19.3 Å². The van der Waals surface area contributed by atoms with Gasteiger partial charge < -0.3 is 81.9 Å². The third-order valence-corrected chi connectivity index (χ3v) is 42.6. The molecule has 800 valence electrons. The molecule has 0 saturated carbocycles. The average molecular weight is 2080 g/mol. The highest BCUT2D eigenvalue weighted by Crippen LogP contribution is 2.48. The van der Waals surface area contributed by atoms with Crippen LogP contribution in [0.2, 0.25) is 24.2 Å². The zero-order valence-electron chi connectivity index (χ0n) is 90.5. The van der Waals surface area contributed by atoms with Gasteiger partial charge in [-0.15, -0.1) is 0 Å². The van der Waals surface area contributed by atoms with Crippen molar-refractivity contribution in [2.75, 3.05) is 158 Å². The minimum absolute atomic E-state index is 0.123. The average Bonchev–Trinajstić information content (AvgIpc) is 0.728. The Kier molecular flexibility index (Phi) is 46.8. The van der Waals surface area contributed by atoms with Crippen molar-refractivity contribution < 1.29 is 91.2 Å². The number of rotatable bonds is 68. The second-order valence-corrected chi connectivity index (χ2v) is 53.1. The van der Waals surface area contributed by atoms with Gasteiger partial charge in [0, 0.05) is 239 Å². The summed E-state index contributed by atoms with van der Waals surface area (Å²) >= 11 is 0. The molecular formula is C118H172N4O20Si4. The molecule has 0 aromatic heterocycles. The maximum absolute atomic E-state index is 16.3. The molecule has 0 unspecified atom stereocenters. The Hall–Kier alpha value is -8.25. The van der Waals surface area contributed by atoms with Crippen LogP contribution in [0.4, 0.5) is 22.7 Å². The number of nitrogens with zero attached hydrogens (tertiary/aromatic N) is 4. The summed E-state index contributed by atoms with van der Waals surface area (Å²) in [5, 5.41) is 3.12. The van der Waals surface area contributed by atoms with Crippen LogP contribution in [0.3, 0.4) is 0 Å². The summed E-state index contributed by atoms with van der Waals surface area (Å²) in [6.45, 7) is 5.29. The number of unbranched alkanes of at least 4 members (excludes halogenated alkanes) is 32. The molecule has 2 fully saturated rings. The first kappa shape index (κ1) is 115. The van der Waals surface area contributed by atoms with E-state index < -0.39 is 58.8 Å². The molecule has 4 heterocycles. The lowest BCUT2D eigenvalue weighted by Gasteiger charge is -2.33. The van der Waals surface area contributed by atoms with Crippen LogP contribution in [0.5, 0.6) is 23.0 Å². The Morgan fingerprint density at radius 3 is 0.678 bits per heavy atom. The van der Waals surface area contributed by atoms with E-state index in [0.717, 1.165) is 387 Å². The number of para-hydroxylation sites is 2. The van der Waals surface area contributed by atoms with Crippen molar-refractivity contribution in [2.24, 2.45) is 0 Å². The van der Waals surface area contributed by atoms with Crippen molar-refractivity contribution >= 4 is 103 Å². The number of carbonyl (C=O) groups excluding carboxylic acids is 4. The second-order valence-electron chi connectivity index (χ2n) is 40.7. The third kappa shape index (κ3) is 30.2. The summed E-state index contributed by atoms with van der Waals surface area (Å²) in [5.74, 6) is 1.17. The van der Waals surface area contributed by atoms with Gasteiger partial charge in [0.2, 0.25) is 0 Å². The highest BCUT2D eigenvalue weighted by Gasteiger charge is 2.43. The van der Waals surface area contributed by atoms with E-state index >= 15 is 19.2 Å². The Morgan fingerprint density at radius 1 is 0.226 bits per heavy atom. The van der Waals surface area contributed by atoms with Crippen LogP contribution in [0.1, 0.15) is 356 Å². The quantitative estimate of drug-likeness (QED) is 0.0196. The number of benzene rings is 8. The van der Waals surface area contributed by atoms with Gasteiger partial charge in [-0.25, -0.2) is 9.80 Å². The standard InChI is InChI=1S/C118H172N4O20Si4/c1-127-143(128-2,129-3)79-51-37-29-21-13-17-25-33-47-75-139-111-91-59-55-61-93(111)84-95-87-99(121-115(123)103-65-57-63-101-107(119-71-43-41-44-72-119)69-67-105(109(101)103)117(121)125)89-97(113(95)141-77-49-35-27-19-15-23-31-39-53-81-145(133-7,134-8)135-9)86-98-90-100(122-116(124)104-66-58-64-102-108(120-73-45-42-46-74-120)70-68-106(110(102)104)118(122)126)88-96(114(98)142-78-50-36-28-20-16-24-32-40-54-82-146(136-10,137-11)138-12)85-94-62-56-60-92(83-91)112(94)140-76-48-34-26-18-14-22-30-38-52-80-144(130-4,131-5)132-6/h55-70,87-90H,13-54,71-86H2,1-12H3. The van der Waals surface area contributed by atoms with Crippen molar-refractivity contribution in [3.8, 4) is 23.0 Å². The SMILES string of the molecule is CO[Si](CCCCCCCCCCCOc1c2cccc1Cc1cc(N3C(=O)c4cccc5c(N6CCCCC6)ccc(c45)C3=O)cc(c1OCCCCCCCCCCC[Si](OC)(OC)OC)Cc1cc(N3C(=O)c4cccc5c(N6CCCCC6)ccc(c45)C3=O)cc(c1OCCCCCCCCCCC[Si](OC)(OC)OC)Cc1cccc(c1OCCCCCCCCCCC[Si](OC)(OC)OC)C2)(OC)OC. The highest BCUT2D eigenvalue weighted by molar-refractivity contribution is 6.61. The number of ether oxygens (including phenoxy) is 4. The van der Waals surface area contributed by atoms with Gasteiger partial charge >= 0.3 is 35.2 Å². The number of carbonyl (C=O) groups is 4. The molecule has 4 amide bonds. The molecular weight excluding hydrogens is 1910 g/mol. The van der Waals surface area contributed by atoms with E-state index in [1.807, 2.05) is 60.7 Å². The van der Waals surface area contributed by atoms with Crippen molar-refractivity contribution in [2.45, 2.75) is 320 Å². The first-order chi connectivity index (χ1) is 71.5. The minimum Gasteiger partial charge on any atom is -0.493 e. The van der Waals surface area contributed by atoms with Gasteiger partial charge in [0.05, 0.1) is 37.8 Å². The Labute approximate surface area is 877 Å². The Bertz CT molecular complexity index is 5020. The van der Waals surface area contributed by atoms with Crippen LogP contribution in [0.15, 0.2) is 121 Å². The largest absolute Gasteiger partial charge is 0.500 e. The lowest BCUT2D eigenvalue weighted by molar-refractivity contribution is 0.0877. The second kappa shape index (κ2) is 59.5. The smallest absolute Gasteiger partial charge is 0.493 e. The normalized spacial score (nSPS) is 14.8. The summed E-state index contributed by atoms with van der Waals surface area (Å²) in [7, 11) is 9.72. The molecule has 8 aromatic rings. The molecule has 8 aromatic carbocycles. The van der Waals surface area contributed by atoms with Gasteiger partial charge in [-0.1, -0.05) is 240 Å². The molecule has 0 N–H and O–H groups in total. The fourth-order valence-electron chi connectivity index (χ4n) is 22.7. The van der Waals surface area contributed by atoms with Crippen LogP contribution in [-0.4, -0.2) is 197 Å². The molecule has 4 aliphatic heterocycles. The minimum atomic E-state index is -2.64. The lowest BCUT2D eigenvalue weighted by Crippen LogP contribution is -2.42. The molecule has 0 spiro atoms. The lowest BCUT2D eigenvalue weighted by atomic mass is 9.89. The maximum atomic E-state index is 16.3. The first-order valence-corrected chi connectivity index (χ1v) is 63.3. The van der Waals surface area contributed by atoms with Gasteiger partial charge in [-0.3, -0.25) is 19.2 Å². The molecule has 24 nitrogen and oxygen atoms in total. The summed E-state index contributed by atoms with van der Waals surface area (Å²) in [4.78, 5) is 73.0. The van der Waals surface area contributed by atoms with E-state index in [2.05, 4.69) is 70.5 Å². The predicted molar refractivity (Wildman–Crippen MR) is 594 cm³/mol. The molecule has 146 heavy (non-hydrogen) atoms. The Balaban J connectivity index is 0.909. The molecule has 2 saturated heterocycles. The van der Waals surface area contributed by atoms with E-state index in [1.165, 1.54) is 9.80 Å². The maximum Gasteiger partial charge on any atom is 0.500 e. The van der Waals surface area contributed by atoms with Crippen LogP contribution >= 0.6 is 0 Å². The fourth-order valence-corrected chi connectivity index (χ4v) is 29.9. The van der Waals surface area contributed by atoms with Crippen LogP contribution in [0, 0.1) is 0 Å². The van der Waals surface area contributed by atoms with Crippen LogP contribution < -0.4 is 38.5 Å². The zero-order valence-corrected chi connectivity index (χ0v) is 94.5. The number of amides is 4. The van der Waals surface area contributed by atoms with E-state index in [4.69, 9.17) is 72.1 Å². The van der Waals surface area contributed by atoms with Crippen molar-refractivity contribution in [1.82, 2.24) is 0 Å². The zero-order chi connectivity index (χ0) is 103. The van der Waals surface area contributed by atoms with Crippen LogP contribution in [-0.2, 0) is 78.8 Å². The number of hydrogen-bond donors (Lipinski definition) is 0. The summed E-state index contributed by atoms with van der Waals surface area (Å²) in [5.41, 5.74) is 11.5. The highest BCUT2D eigenvalue weighted by atomic mass is 28.4. The fraction of sp³-hybridized carbons (Fsp3) is 0.593. The number of imide groups is 2. The number of anilines is 4. The summed E-state index contributed by atoms with van der Waals surface area (Å²) in [6, 6.07) is 44.2. The molecule has 28 heteroatoms. The molecule has 13 rings (SSSR count). The van der Waals surface area contributed by atoms with E-state index in [0.29, 0.717) is 99.9 Å². The van der Waals surface area contributed by atoms with Gasteiger partial charge in [-0.05, 0) is 173 Å². The predicted octanol–water partition coefficient (Wildman–Crippen LogP) is 27.3. The van der Waals surface area contributed by atoms with Gasteiger partial charge in [0.15, 0.2) is 0 Å². The topological polar surface area (TPSA) is 229 Å². The number of piperidine rings is 2. The molecule has 0 atom stereocenters. The number of hydrogen-bond acceptors (Lipinski definition) is 22. The van der Waals surface area contributed by atoms with Crippen molar-refractivity contribution in [1.29, 1.82) is 0 Å². The van der Waals surface area contributed by atoms with Crippen LogP contribution in [0.25, 0.3) is 21.5 Å².